The average molecular weight is 357 g/mol. The van der Waals surface area contributed by atoms with Gasteiger partial charge in [0.05, 0.1) is 5.69 Å². The Hall–Kier alpha value is -2.08. The van der Waals surface area contributed by atoms with Crippen LogP contribution in [0.3, 0.4) is 0 Å². The Bertz CT molecular complexity index is 858. The molecule has 2 atom stereocenters. The molecule has 25 heavy (non-hydrogen) atoms. The zero-order chi connectivity index (χ0) is 17.8. The fourth-order valence-electron chi connectivity index (χ4n) is 4.35. The second kappa shape index (κ2) is 5.46. The first kappa shape index (κ1) is 16.4. The minimum atomic E-state index is -0.141. The summed E-state index contributed by atoms with van der Waals surface area (Å²) < 4.78 is 0. The lowest BCUT2D eigenvalue weighted by atomic mass is 9.70. The van der Waals surface area contributed by atoms with Gasteiger partial charge in [-0.05, 0) is 48.8 Å². The minimum Gasteiger partial charge on any atom is -0.504 e. The van der Waals surface area contributed by atoms with Crippen molar-refractivity contribution in [2.24, 2.45) is 21.8 Å². The summed E-state index contributed by atoms with van der Waals surface area (Å²) in [6, 6.07) is 4.72. The van der Waals surface area contributed by atoms with Crippen LogP contribution in [0, 0.1) is 16.7 Å². The molecule has 0 aliphatic heterocycles. The van der Waals surface area contributed by atoms with Crippen molar-refractivity contribution in [1.82, 2.24) is 4.98 Å². The molecule has 2 aliphatic rings. The lowest BCUT2D eigenvalue weighted by Gasteiger charge is -2.34. The van der Waals surface area contributed by atoms with E-state index in [2.05, 4.69) is 31.2 Å². The van der Waals surface area contributed by atoms with Gasteiger partial charge in [0.15, 0.2) is 11.5 Å². The molecular formula is C19H23N3O2S. The maximum Gasteiger partial charge on any atom is 0.203 e. The predicted molar refractivity (Wildman–Crippen MR) is 101 cm³/mol. The Morgan fingerprint density at radius 3 is 2.68 bits per heavy atom. The van der Waals surface area contributed by atoms with Gasteiger partial charge in [0.2, 0.25) is 5.13 Å². The number of anilines is 1. The largest absolute Gasteiger partial charge is 0.504 e. The topological polar surface area (TPSA) is 77.7 Å². The number of thiazole rings is 1. The van der Waals surface area contributed by atoms with Crippen LogP contribution in [0.1, 0.15) is 40.0 Å². The highest BCUT2D eigenvalue weighted by atomic mass is 32.1. The second-order valence-electron chi connectivity index (χ2n) is 7.91. The maximum absolute atomic E-state index is 9.64. The number of rotatable bonds is 3. The number of nitrogens with zero attached hydrogens (tertiary/aromatic N) is 2. The third kappa shape index (κ3) is 2.42. The molecule has 2 aliphatic carbocycles. The van der Waals surface area contributed by atoms with Crippen LogP contribution in [0.15, 0.2) is 28.7 Å². The van der Waals surface area contributed by atoms with Crippen LogP contribution in [0.25, 0.3) is 11.3 Å². The van der Waals surface area contributed by atoms with Crippen LogP contribution in [0.4, 0.5) is 5.13 Å². The summed E-state index contributed by atoms with van der Waals surface area (Å²) in [5, 5.41) is 26.4. The highest BCUT2D eigenvalue weighted by Crippen LogP contribution is 2.63. The van der Waals surface area contributed by atoms with Gasteiger partial charge in [-0.3, -0.25) is 5.43 Å². The first-order valence-corrected chi connectivity index (χ1v) is 9.50. The molecule has 2 fully saturated rings. The standard InChI is InChI=1S/C19H23N3O2S/c1-18(2)12-6-7-19(18,3)16(9-12)21-22-17-20-13(10-25-17)11-4-5-14(23)15(24)8-11/h4-5,8,10,12,23-24H,6-7,9H2,1-3H3,(H,20,22)/b21-16-/t12-,19+/m0/s1. The summed E-state index contributed by atoms with van der Waals surface area (Å²) in [5.41, 5.74) is 6.39. The zero-order valence-corrected chi connectivity index (χ0v) is 15.5. The molecule has 4 rings (SSSR count). The molecule has 1 aromatic heterocycles. The van der Waals surface area contributed by atoms with E-state index in [1.54, 1.807) is 6.07 Å². The molecule has 2 saturated carbocycles. The van der Waals surface area contributed by atoms with Crippen molar-refractivity contribution >= 4 is 22.2 Å². The summed E-state index contributed by atoms with van der Waals surface area (Å²) in [7, 11) is 0. The first-order valence-electron chi connectivity index (χ1n) is 8.62. The SMILES string of the molecule is CC1(C)[C@H]2CC[C@]1(C)/C(=N\Nc1nc(-c3ccc(O)c(O)c3)cs1)C2. The van der Waals surface area contributed by atoms with E-state index < -0.39 is 0 Å². The van der Waals surface area contributed by atoms with Gasteiger partial charge < -0.3 is 10.2 Å². The van der Waals surface area contributed by atoms with Crippen molar-refractivity contribution in [3.8, 4) is 22.8 Å². The average Bonchev–Trinajstić information content (AvgIpc) is 3.18. The van der Waals surface area contributed by atoms with Crippen LogP contribution in [-0.2, 0) is 0 Å². The summed E-state index contributed by atoms with van der Waals surface area (Å²) in [6.45, 7) is 7.07. The first-order chi connectivity index (χ1) is 11.8. The van der Waals surface area contributed by atoms with E-state index in [4.69, 9.17) is 5.10 Å². The van der Waals surface area contributed by atoms with Crippen LogP contribution in [0.5, 0.6) is 11.5 Å². The summed E-state index contributed by atoms with van der Waals surface area (Å²) in [6.07, 6.45) is 3.58. The van der Waals surface area contributed by atoms with Gasteiger partial charge in [-0.25, -0.2) is 4.98 Å². The van der Waals surface area contributed by atoms with E-state index in [0.29, 0.717) is 5.41 Å². The molecule has 2 bridgehead atoms. The number of benzene rings is 1. The predicted octanol–water partition coefficient (Wildman–Crippen LogP) is 4.84. The fourth-order valence-corrected chi connectivity index (χ4v) is 5.01. The Morgan fingerprint density at radius 2 is 2.04 bits per heavy atom. The number of fused-ring (bicyclic) bond motifs is 2. The highest BCUT2D eigenvalue weighted by Gasteiger charge is 2.59. The Kier molecular flexibility index (Phi) is 3.58. The van der Waals surface area contributed by atoms with E-state index in [1.165, 1.54) is 42.0 Å². The zero-order valence-electron chi connectivity index (χ0n) is 14.7. The molecule has 3 N–H and O–H groups in total. The van der Waals surface area contributed by atoms with Crippen molar-refractivity contribution < 1.29 is 10.2 Å². The number of aromatic hydroxyl groups is 2. The lowest BCUT2D eigenvalue weighted by molar-refractivity contribution is 0.194. The molecule has 6 heteroatoms. The van der Waals surface area contributed by atoms with Crippen LogP contribution in [0.2, 0.25) is 0 Å². The Labute approximate surface area is 151 Å². The van der Waals surface area contributed by atoms with Crippen LogP contribution < -0.4 is 5.43 Å². The van der Waals surface area contributed by atoms with E-state index >= 15 is 0 Å². The van der Waals surface area contributed by atoms with Gasteiger partial charge in [0.1, 0.15) is 0 Å². The van der Waals surface area contributed by atoms with Gasteiger partial charge in [-0.15, -0.1) is 11.3 Å². The number of hydrogen-bond acceptors (Lipinski definition) is 6. The minimum absolute atomic E-state index is 0.129. The Morgan fingerprint density at radius 1 is 1.24 bits per heavy atom. The van der Waals surface area contributed by atoms with Crippen LogP contribution in [-0.4, -0.2) is 20.9 Å². The van der Waals surface area contributed by atoms with E-state index in [0.717, 1.165) is 28.7 Å². The summed E-state index contributed by atoms with van der Waals surface area (Å²) in [4.78, 5) is 4.54. The van der Waals surface area contributed by atoms with Crippen molar-refractivity contribution in [2.75, 3.05) is 5.43 Å². The third-order valence-electron chi connectivity index (χ3n) is 6.57. The number of hydrazone groups is 1. The molecule has 2 aromatic rings. The smallest absolute Gasteiger partial charge is 0.203 e. The third-order valence-corrected chi connectivity index (χ3v) is 7.32. The lowest BCUT2D eigenvalue weighted by Crippen LogP contribution is -2.32. The summed E-state index contributed by atoms with van der Waals surface area (Å²) in [5.74, 6) is 0.457. The van der Waals surface area contributed by atoms with Gasteiger partial charge in [0, 0.05) is 22.1 Å². The maximum atomic E-state index is 9.64. The molecule has 1 aromatic carbocycles. The summed E-state index contributed by atoms with van der Waals surface area (Å²) >= 11 is 1.48. The number of nitrogens with one attached hydrogen (secondary N) is 1. The molecule has 0 saturated heterocycles. The normalized spacial score (nSPS) is 28.6. The molecule has 132 valence electrons. The molecule has 0 spiro atoms. The van der Waals surface area contributed by atoms with Gasteiger partial charge in [0.25, 0.3) is 0 Å². The quantitative estimate of drug-likeness (QED) is 0.543. The number of phenolic OH excluding ortho intramolecular Hbond substituents is 2. The van der Waals surface area contributed by atoms with Crippen LogP contribution >= 0.6 is 11.3 Å². The number of phenols is 2. The van der Waals surface area contributed by atoms with Crippen molar-refractivity contribution in [3.05, 3.63) is 23.6 Å². The van der Waals surface area contributed by atoms with Crippen molar-refractivity contribution in [3.63, 3.8) is 0 Å². The monoisotopic (exact) mass is 357 g/mol. The second-order valence-corrected chi connectivity index (χ2v) is 8.76. The van der Waals surface area contributed by atoms with E-state index in [9.17, 15) is 10.2 Å². The molecule has 1 heterocycles. The molecule has 5 nitrogen and oxygen atoms in total. The van der Waals surface area contributed by atoms with Gasteiger partial charge in [-0.1, -0.05) is 20.8 Å². The van der Waals surface area contributed by atoms with Gasteiger partial charge >= 0.3 is 0 Å². The van der Waals surface area contributed by atoms with E-state index in [-0.39, 0.29) is 16.9 Å². The Balaban J connectivity index is 1.54. The number of hydrogen-bond donors (Lipinski definition) is 3. The molecule has 0 unspecified atom stereocenters. The molecular weight excluding hydrogens is 334 g/mol. The van der Waals surface area contributed by atoms with Crippen molar-refractivity contribution in [1.29, 1.82) is 0 Å². The van der Waals surface area contributed by atoms with Gasteiger partial charge in [-0.2, -0.15) is 5.10 Å². The highest BCUT2D eigenvalue weighted by molar-refractivity contribution is 7.14. The molecule has 0 radical (unpaired) electrons. The van der Waals surface area contributed by atoms with E-state index in [1.807, 2.05) is 5.38 Å². The van der Waals surface area contributed by atoms with Crippen molar-refractivity contribution in [2.45, 2.75) is 40.0 Å². The fraction of sp³-hybridized carbons (Fsp3) is 0.474. The number of aromatic nitrogens is 1. The molecule has 0 amide bonds.